The molecule has 0 bridgehead atoms. The van der Waals surface area contributed by atoms with E-state index in [0.717, 1.165) is 30.7 Å². The summed E-state index contributed by atoms with van der Waals surface area (Å²) in [6, 6.07) is 0. The van der Waals surface area contributed by atoms with Crippen molar-refractivity contribution in [1.29, 1.82) is 0 Å². The fourth-order valence-corrected chi connectivity index (χ4v) is 2.49. The summed E-state index contributed by atoms with van der Waals surface area (Å²) in [5, 5.41) is 0. The number of nitrogens with zero attached hydrogens (tertiary/aromatic N) is 1. The largest absolute Gasteiger partial charge is 0.379 e. The van der Waals surface area contributed by atoms with Gasteiger partial charge in [0.05, 0.1) is 40.4 Å². The predicted octanol–water partition coefficient (Wildman–Crippen LogP) is 2.26. The molecule has 0 aliphatic rings. The van der Waals surface area contributed by atoms with Crippen molar-refractivity contribution in [2.24, 2.45) is 0 Å². The van der Waals surface area contributed by atoms with Crippen molar-refractivity contribution in [2.45, 2.75) is 26.4 Å². The van der Waals surface area contributed by atoms with Gasteiger partial charge in [0.25, 0.3) is 0 Å². The van der Waals surface area contributed by atoms with Crippen LogP contribution >= 0.6 is 11.8 Å². The van der Waals surface area contributed by atoms with Crippen molar-refractivity contribution in [3.8, 4) is 0 Å². The number of hydrogen-bond donors (Lipinski definition) is 0. The first-order valence-electron chi connectivity index (χ1n) is 6.53. The average Bonchev–Trinajstić information content (AvgIpc) is 2.21. The predicted molar refractivity (Wildman–Crippen MR) is 76.7 cm³/mol. The third kappa shape index (κ3) is 14.2. The topological polar surface area (TPSA) is 18.5 Å². The standard InChI is InChI=1S/C13H30NO2S/c1-6-16-13(2)12-15-9-7-10-17-11-8-14(3,4)5/h13H,6-12H2,1-5H3/q+1. The fourth-order valence-electron chi connectivity index (χ4n) is 1.29. The minimum atomic E-state index is 0.228. The lowest BCUT2D eigenvalue weighted by molar-refractivity contribution is -0.867. The molecule has 0 aliphatic carbocycles. The normalized spacial score (nSPS) is 13.9. The maximum absolute atomic E-state index is 5.55. The first kappa shape index (κ1) is 17.2. The van der Waals surface area contributed by atoms with Crippen LogP contribution in [0.5, 0.6) is 0 Å². The summed E-state index contributed by atoms with van der Waals surface area (Å²) >= 11 is 2.02. The highest BCUT2D eigenvalue weighted by molar-refractivity contribution is 7.99. The van der Waals surface area contributed by atoms with Gasteiger partial charge in [-0.05, 0) is 26.0 Å². The molecule has 104 valence electrons. The second kappa shape index (κ2) is 10.2. The molecule has 4 heteroatoms. The van der Waals surface area contributed by atoms with Crippen LogP contribution in [0.4, 0.5) is 0 Å². The zero-order chi connectivity index (χ0) is 13.1. The van der Waals surface area contributed by atoms with E-state index in [1.54, 1.807) is 0 Å². The van der Waals surface area contributed by atoms with Crippen molar-refractivity contribution in [3.63, 3.8) is 0 Å². The summed E-state index contributed by atoms with van der Waals surface area (Å²) in [5.41, 5.74) is 0. The molecule has 0 aromatic rings. The first-order valence-corrected chi connectivity index (χ1v) is 7.68. The lowest BCUT2D eigenvalue weighted by Crippen LogP contribution is -2.36. The lowest BCUT2D eigenvalue weighted by atomic mass is 10.4. The third-order valence-corrected chi connectivity index (χ3v) is 3.34. The molecule has 3 nitrogen and oxygen atoms in total. The van der Waals surface area contributed by atoms with Gasteiger partial charge in [-0.15, -0.1) is 0 Å². The van der Waals surface area contributed by atoms with E-state index in [4.69, 9.17) is 9.47 Å². The van der Waals surface area contributed by atoms with Crippen molar-refractivity contribution in [3.05, 3.63) is 0 Å². The Kier molecular flexibility index (Phi) is 10.3. The van der Waals surface area contributed by atoms with E-state index in [2.05, 4.69) is 28.1 Å². The maximum atomic E-state index is 5.55. The smallest absolute Gasteiger partial charge is 0.0872 e. The molecule has 1 unspecified atom stereocenters. The average molecular weight is 264 g/mol. The Balaban J connectivity index is 3.14. The highest BCUT2D eigenvalue weighted by atomic mass is 32.2. The molecule has 0 aromatic heterocycles. The van der Waals surface area contributed by atoms with E-state index in [1.807, 2.05) is 18.7 Å². The van der Waals surface area contributed by atoms with E-state index < -0.39 is 0 Å². The van der Waals surface area contributed by atoms with Gasteiger partial charge in [-0.3, -0.25) is 0 Å². The summed E-state index contributed by atoms with van der Waals surface area (Å²) in [7, 11) is 6.70. The summed E-state index contributed by atoms with van der Waals surface area (Å²) in [6.07, 6.45) is 1.37. The van der Waals surface area contributed by atoms with Gasteiger partial charge in [0, 0.05) is 19.0 Å². The number of thioether (sulfide) groups is 1. The molecule has 17 heavy (non-hydrogen) atoms. The van der Waals surface area contributed by atoms with Crippen molar-refractivity contribution >= 4 is 11.8 Å². The van der Waals surface area contributed by atoms with Crippen molar-refractivity contribution < 1.29 is 14.0 Å². The summed E-state index contributed by atoms with van der Waals surface area (Å²) < 4.78 is 12.0. The highest BCUT2D eigenvalue weighted by Gasteiger charge is 2.05. The number of hydrogen-bond acceptors (Lipinski definition) is 3. The van der Waals surface area contributed by atoms with Gasteiger partial charge in [0.15, 0.2) is 0 Å². The molecular weight excluding hydrogens is 234 g/mol. The fraction of sp³-hybridized carbons (Fsp3) is 1.00. The number of quaternary nitrogens is 1. The van der Waals surface area contributed by atoms with Crippen LogP contribution in [0.25, 0.3) is 0 Å². The maximum Gasteiger partial charge on any atom is 0.0872 e. The molecule has 0 saturated carbocycles. The first-order chi connectivity index (χ1) is 7.95. The van der Waals surface area contributed by atoms with Crippen LogP contribution in [-0.4, -0.2) is 69.6 Å². The van der Waals surface area contributed by atoms with Crippen molar-refractivity contribution in [1.82, 2.24) is 0 Å². The van der Waals surface area contributed by atoms with Gasteiger partial charge < -0.3 is 14.0 Å². The zero-order valence-corrected chi connectivity index (χ0v) is 13.0. The molecule has 0 aliphatic heterocycles. The molecule has 0 heterocycles. The van der Waals surface area contributed by atoms with Crippen molar-refractivity contribution in [2.75, 3.05) is 59.0 Å². The zero-order valence-electron chi connectivity index (χ0n) is 12.2. The molecule has 1 atom stereocenters. The minimum Gasteiger partial charge on any atom is -0.379 e. The molecular formula is C13H30NO2S+. The van der Waals surface area contributed by atoms with Gasteiger partial charge in [0.2, 0.25) is 0 Å². The second-order valence-corrected chi connectivity index (χ2v) is 6.55. The molecule has 0 amide bonds. The molecule has 0 spiro atoms. The Morgan fingerprint density at radius 2 is 1.88 bits per heavy atom. The van der Waals surface area contributed by atoms with Crippen LogP contribution in [-0.2, 0) is 9.47 Å². The van der Waals surface area contributed by atoms with Crippen LogP contribution in [0.1, 0.15) is 20.3 Å². The van der Waals surface area contributed by atoms with Crippen LogP contribution in [0, 0.1) is 0 Å². The third-order valence-electron chi connectivity index (χ3n) is 2.29. The van der Waals surface area contributed by atoms with Gasteiger partial charge in [-0.1, -0.05) is 0 Å². The van der Waals surface area contributed by atoms with Crippen LogP contribution in [0.3, 0.4) is 0 Å². The Morgan fingerprint density at radius 3 is 2.47 bits per heavy atom. The van der Waals surface area contributed by atoms with E-state index >= 15 is 0 Å². The van der Waals surface area contributed by atoms with Crippen LogP contribution in [0.15, 0.2) is 0 Å². The number of rotatable bonds is 11. The van der Waals surface area contributed by atoms with Gasteiger partial charge >= 0.3 is 0 Å². The van der Waals surface area contributed by atoms with Crippen LogP contribution < -0.4 is 0 Å². The Labute approximate surface area is 111 Å². The van der Waals surface area contributed by atoms with E-state index in [9.17, 15) is 0 Å². The van der Waals surface area contributed by atoms with Gasteiger partial charge in [0.1, 0.15) is 0 Å². The van der Waals surface area contributed by atoms with E-state index in [-0.39, 0.29) is 6.10 Å². The summed E-state index contributed by atoms with van der Waals surface area (Å²) in [4.78, 5) is 0. The lowest BCUT2D eigenvalue weighted by Gasteiger charge is -2.23. The van der Waals surface area contributed by atoms with Crippen LogP contribution in [0.2, 0.25) is 0 Å². The Bertz CT molecular complexity index is 171. The molecule has 0 fully saturated rings. The monoisotopic (exact) mass is 264 g/mol. The molecule has 0 aromatic carbocycles. The van der Waals surface area contributed by atoms with Gasteiger partial charge in [-0.2, -0.15) is 11.8 Å². The van der Waals surface area contributed by atoms with E-state index in [1.165, 1.54) is 18.1 Å². The van der Waals surface area contributed by atoms with E-state index in [0.29, 0.717) is 0 Å². The Hall–Kier alpha value is 0.230. The number of ether oxygens (including phenoxy) is 2. The molecule has 0 rings (SSSR count). The second-order valence-electron chi connectivity index (χ2n) is 5.32. The Morgan fingerprint density at radius 1 is 1.18 bits per heavy atom. The molecule has 0 radical (unpaired) electrons. The summed E-state index contributed by atoms with van der Waals surface area (Å²) in [5.74, 6) is 2.43. The molecule has 0 saturated heterocycles. The SMILES string of the molecule is CCOC(C)COCCCSCC[N+](C)(C)C. The highest BCUT2D eigenvalue weighted by Crippen LogP contribution is 2.05. The minimum absolute atomic E-state index is 0.228. The van der Waals surface area contributed by atoms with Gasteiger partial charge in [-0.25, -0.2) is 0 Å². The summed E-state index contributed by atoms with van der Waals surface area (Å²) in [6.45, 7) is 7.64. The molecule has 0 N–H and O–H groups in total. The quantitative estimate of drug-likeness (QED) is 0.421.